The maximum atomic E-state index is 12.9. The van der Waals surface area contributed by atoms with E-state index in [4.69, 9.17) is 0 Å². The highest BCUT2D eigenvalue weighted by Crippen LogP contribution is 2.46. The second-order valence-electron chi connectivity index (χ2n) is 11.3. The third kappa shape index (κ3) is 7.84. The molecular weight excluding hydrogens is 355 g/mol. The number of hydrogen-bond donors (Lipinski definition) is 0. The summed E-state index contributed by atoms with van der Waals surface area (Å²) in [5.74, 6) is 5.50. The van der Waals surface area contributed by atoms with Crippen molar-refractivity contribution in [2.45, 2.75) is 135 Å². The quantitative estimate of drug-likeness (QED) is 0.300. The molecule has 0 aromatic heterocycles. The topological polar surface area (TPSA) is 0 Å². The van der Waals surface area contributed by atoms with Gasteiger partial charge in [0, 0.05) is 0 Å². The Balaban J connectivity index is 1.24. The third-order valence-corrected chi connectivity index (χ3v) is 9.37. The minimum absolute atomic E-state index is 0.0684. The van der Waals surface area contributed by atoms with E-state index >= 15 is 0 Å². The molecule has 0 atom stereocenters. The predicted molar refractivity (Wildman–Crippen MR) is 125 cm³/mol. The molecule has 0 nitrogen and oxygen atoms in total. The fourth-order valence-electron chi connectivity index (χ4n) is 7.24. The minimum atomic E-state index is -0.0684. The summed E-state index contributed by atoms with van der Waals surface area (Å²) >= 11 is 0. The summed E-state index contributed by atoms with van der Waals surface area (Å²) in [4.78, 5) is 0. The molecular formula is C28H51F. The molecule has 0 radical (unpaired) electrons. The first-order chi connectivity index (χ1) is 14.3. The lowest BCUT2D eigenvalue weighted by Gasteiger charge is -2.41. The number of alkyl halides is 1. The van der Waals surface area contributed by atoms with Crippen molar-refractivity contribution in [3.63, 3.8) is 0 Å². The molecule has 0 bridgehead atoms. The molecule has 0 spiro atoms. The smallest absolute Gasteiger partial charge is 0.0922 e. The Morgan fingerprint density at radius 1 is 0.483 bits per heavy atom. The Morgan fingerprint density at radius 3 is 1.31 bits per heavy atom. The van der Waals surface area contributed by atoms with E-state index in [0.29, 0.717) is 5.92 Å². The van der Waals surface area contributed by atoms with Crippen LogP contribution in [-0.4, -0.2) is 6.67 Å². The Bertz CT molecular complexity index is 395. The van der Waals surface area contributed by atoms with E-state index in [0.717, 1.165) is 29.6 Å². The van der Waals surface area contributed by atoms with Gasteiger partial charge < -0.3 is 0 Å². The molecule has 0 aliphatic heterocycles. The Morgan fingerprint density at radius 2 is 0.862 bits per heavy atom. The summed E-state index contributed by atoms with van der Waals surface area (Å²) in [6.45, 7) is 2.24. The molecule has 1 heteroatoms. The normalized spacial score (nSPS) is 36.2. The van der Waals surface area contributed by atoms with Crippen LogP contribution >= 0.6 is 0 Å². The lowest BCUT2D eigenvalue weighted by Crippen LogP contribution is -2.30. The van der Waals surface area contributed by atoms with Crippen molar-refractivity contribution in [2.24, 2.45) is 35.5 Å². The SMILES string of the molecule is CCCCCCCCCC1CCC(C2CCC(C3CCC(CF)CC3)CC2)CC1. The first-order valence-corrected chi connectivity index (χ1v) is 13.9. The summed E-state index contributed by atoms with van der Waals surface area (Å²) in [5.41, 5.74) is 0. The van der Waals surface area contributed by atoms with Gasteiger partial charge in [0.05, 0.1) is 6.67 Å². The summed E-state index contributed by atoms with van der Waals surface area (Å²) in [5, 5.41) is 0. The highest BCUT2D eigenvalue weighted by molar-refractivity contribution is 4.85. The molecule has 0 unspecified atom stereocenters. The summed E-state index contributed by atoms with van der Waals surface area (Å²) < 4.78 is 12.9. The Hall–Kier alpha value is -0.0700. The van der Waals surface area contributed by atoms with Gasteiger partial charge in [0.15, 0.2) is 0 Å². The average molecular weight is 407 g/mol. The molecule has 3 fully saturated rings. The van der Waals surface area contributed by atoms with E-state index in [-0.39, 0.29) is 6.67 Å². The minimum Gasteiger partial charge on any atom is -0.251 e. The van der Waals surface area contributed by atoms with E-state index < -0.39 is 0 Å². The molecule has 0 heterocycles. The first-order valence-electron chi connectivity index (χ1n) is 13.9. The molecule has 170 valence electrons. The molecule has 29 heavy (non-hydrogen) atoms. The van der Waals surface area contributed by atoms with Crippen LogP contribution in [0.25, 0.3) is 0 Å². The van der Waals surface area contributed by atoms with Crippen LogP contribution in [0.4, 0.5) is 4.39 Å². The third-order valence-electron chi connectivity index (χ3n) is 9.37. The van der Waals surface area contributed by atoms with E-state index in [9.17, 15) is 4.39 Å². The number of hydrogen-bond acceptors (Lipinski definition) is 0. The summed E-state index contributed by atoms with van der Waals surface area (Å²) in [7, 11) is 0. The van der Waals surface area contributed by atoms with E-state index in [2.05, 4.69) is 6.92 Å². The van der Waals surface area contributed by atoms with Crippen LogP contribution < -0.4 is 0 Å². The van der Waals surface area contributed by atoms with E-state index in [1.165, 1.54) is 128 Å². The van der Waals surface area contributed by atoms with Gasteiger partial charge in [-0.3, -0.25) is 4.39 Å². The van der Waals surface area contributed by atoms with Crippen molar-refractivity contribution in [3.8, 4) is 0 Å². The molecule has 3 aliphatic rings. The van der Waals surface area contributed by atoms with Crippen molar-refractivity contribution in [2.75, 3.05) is 6.67 Å². The van der Waals surface area contributed by atoms with Crippen molar-refractivity contribution in [1.29, 1.82) is 0 Å². The van der Waals surface area contributed by atoms with Gasteiger partial charge in [-0.15, -0.1) is 0 Å². The zero-order valence-electron chi connectivity index (χ0n) is 19.7. The highest BCUT2D eigenvalue weighted by Gasteiger charge is 2.34. The lowest BCUT2D eigenvalue weighted by molar-refractivity contribution is 0.0998. The zero-order valence-corrected chi connectivity index (χ0v) is 19.7. The van der Waals surface area contributed by atoms with Crippen molar-refractivity contribution >= 4 is 0 Å². The van der Waals surface area contributed by atoms with E-state index in [1.807, 2.05) is 0 Å². The molecule has 0 saturated heterocycles. The number of rotatable bonds is 11. The molecule has 3 saturated carbocycles. The van der Waals surface area contributed by atoms with Crippen LogP contribution in [0.1, 0.15) is 135 Å². The fourth-order valence-corrected chi connectivity index (χ4v) is 7.24. The second-order valence-corrected chi connectivity index (χ2v) is 11.3. The van der Waals surface area contributed by atoms with Gasteiger partial charge in [0.1, 0.15) is 0 Å². The van der Waals surface area contributed by atoms with Gasteiger partial charge in [-0.25, -0.2) is 0 Å². The van der Waals surface area contributed by atoms with E-state index in [1.54, 1.807) is 0 Å². The van der Waals surface area contributed by atoms with Crippen LogP contribution in [-0.2, 0) is 0 Å². The van der Waals surface area contributed by atoms with Gasteiger partial charge >= 0.3 is 0 Å². The highest BCUT2D eigenvalue weighted by atomic mass is 19.1. The Kier molecular flexibility index (Phi) is 10.9. The molecule has 3 rings (SSSR count). The van der Waals surface area contributed by atoms with Crippen molar-refractivity contribution < 1.29 is 4.39 Å². The van der Waals surface area contributed by atoms with Crippen LogP contribution in [0.3, 0.4) is 0 Å². The molecule has 0 aromatic rings. The van der Waals surface area contributed by atoms with Gasteiger partial charge in [-0.1, -0.05) is 71.1 Å². The maximum Gasteiger partial charge on any atom is 0.0922 e. The number of unbranched alkanes of at least 4 members (excludes halogenated alkanes) is 6. The van der Waals surface area contributed by atoms with Crippen LogP contribution in [0.5, 0.6) is 0 Å². The standard InChI is InChI=1S/C28H51F/c1-2-3-4-5-6-7-8-9-23-10-14-25(15-11-23)27-18-20-28(21-19-27)26-16-12-24(22-29)13-17-26/h23-28H,2-22H2,1H3. The molecule has 0 aromatic carbocycles. The molecule has 0 N–H and O–H groups in total. The monoisotopic (exact) mass is 406 g/mol. The van der Waals surface area contributed by atoms with Gasteiger partial charge in [0.2, 0.25) is 0 Å². The van der Waals surface area contributed by atoms with Crippen molar-refractivity contribution in [3.05, 3.63) is 0 Å². The van der Waals surface area contributed by atoms with Crippen molar-refractivity contribution in [1.82, 2.24) is 0 Å². The van der Waals surface area contributed by atoms with Crippen LogP contribution in [0.15, 0.2) is 0 Å². The van der Waals surface area contributed by atoms with Gasteiger partial charge in [-0.05, 0) is 99.7 Å². The molecule has 0 amide bonds. The Labute approximate surface area is 182 Å². The summed E-state index contributed by atoms with van der Waals surface area (Å²) in [6.07, 6.45) is 28.9. The second kappa shape index (κ2) is 13.4. The first kappa shape index (κ1) is 23.6. The number of halogens is 1. The molecule has 3 aliphatic carbocycles. The predicted octanol–water partition coefficient (Wildman–Crippen LogP) is 9.52. The van der Waals surface area contributed by atoms with Crippen LogP contribution in [0.2, 0.25) is 0 Å². The zero-order chi connectivity index (χ0) is 20.3. The summed E-state index contributed by atoms with van der Waals surface area (Å²) in [6, 6.07) is 0. The van der Waals surface area contributed by atoms with Crippen LogP contribution in [0, 0.1) is 35.5 Å². The lowest BCUT2D eigenvalue weighted by atomic mass is 9.65. The fraction of sp³-hybridized carbons (Fsp3) is 1.00. The average Bonchev–Trinajstić information content (AvgIpc) is 2.79. The van der Waals surface area contributed by atoms with Gasteiger partial charge in [0.25, 0.3) is 0 Å². The van der Waals surface area contributed by atoms with Gasteiger partial charge in [-0.2, -0.15) is 0 Å². The largest absolute Gasteiger partial charge is 0.251 e. The maximum absolute atomic E-state index is 12.9.